The Kier molecular flexibility index (Phi) is 3.51. The fourth-order valence-corrected chi connectivity index (χ4v) is 3.09. The van der Waals surface area contributed by atoms with E-state index in [9.17, 15) is 15.3 Å². The highest BCUT2D eigenvalue weighted by Crippen LogP contribution is 2.44. The summed E-state index contributed by atoms with van der Waals surface area (Å²) in [6.45, 7) is 0. The van der Waals surface area contributed by atoms with Crippen LogP contribution in [0, 0.1) is 0 Å². The van der Waals surface area contributed by atoms with Gasteiger partial charge in [0.25, 0.3) is 0 Å². The van der Waals surface area contributed by atoms with Crippen molar-refractivity contribution in [3.8, 4) is 17.2 Å². The number of aliphatic imine (C=N–C) groups is 1. The number of benzene rings is 4. The average Bonchev–Trinajstić information content (AvgIpc) is 2.62. The molecule has 0 bridgehead atoms. The molecule has 0 spiro atoms. The van der Waals surface area contributed by atoms with Gasteiger partial charge in [-0.3, -0.25) is 4.99 Å². The highest BCUT2D eigenvalue weighted by Gasteiger charge is 2.17. The van der Waals surface area contributed by atoms with Crippen molar-refractivity contribution in [1.82, 2.24) is 0 Å². The Morgan fingerprint density at radius 1 is 0.640 bits per heavy atom. The Morgan fingerprint density at radius 3 is 1.76 bits per heavy atom. The van der Waals surface area contributed by atoms with E-state index in [0.717, 1.165) is 11.3 Å². The second kappa shape index (κ2) is 5.83. The Morgan fingerprint density at radius 2 is 1.20 bits per heavy atom. The molecule has 0 aliphatic carbocycles. The topological polar surface area (TPSA) is 73.1 Å². The van der Waals surface area contributed by atoms with Gasteiger partial charge in [0.05, 0.1) is 16.5 Å². The summed E-state index contributed by atoms with van der Waals surface area (Å²) >= 11 is 0. The normalized spacial score (nSPS) is 11.5. The Labute approximate surface area is 143 Å². The van der Waals surface area contributed by atoms with Gasteiger partial charge in [0.15, 0.2) is 0 Å². The van der Waals surface area contributed by atoms with Crippen LogP contribution in [0.2, 0.25) is 0 Å². The van der Waals surface area contributed by atoms with Gasteiger partial charge in [0.1, 0.15) is 17.2 Å². The Hall–Kier alpha value is -3.53. The van der Waals surface area contributed by atoms with Crippen molar-refractivity contribution in [2.24, 2.45) is 4.99 Å². The third-order valence-electron chi connectivity index (χ3n) is 4.24. The van der Waals surface area contributed by atoms with E-state index in [2.05, 4.69) is 4.99 Å². The number of para-hydroxylation sites is 1. The summed E-state index contributed by atoms with van der Waals surface area (Å²) in [5, 5.41) is 33.0. The van der Waals surface area contributed by atoms with Gasteiger partial charge in [-0.05, 0) is 35.0 Å². The first kappa shape index (κ1) is 15.0. The van der Waals surface area contributed by atoms with Crippen molar-refractivity contribution in [2.45, 2.75) is 0 Å². The third kappa shape index (κ3) is 2.44. The van der Waals surface area contributed by atoms with E-state index in [-0.39, 0.29) is 17.2 Å². The van der Waals surface area contributed by atoms with Gasteiger partial charge < -0.3 is 15.3 Å². The van der Waals surface area contributed by atoms with E-state index in [0.29, 0.717) is 21.5 Å². The molecule has 0 radical (unpaired) electrons. The minimum atomic E-state index is -0.141. The largest absolute Gasteiger partial charge is 0.507 e. The third-order valence-corrected chi connectivity index (χ3v) is 4.24. The minimum absolute atomic E-state index is 0.0467. The first-order chi connectivity index (χ1) is 12.2. The smallest absolute Gasteiger partial charge is 0.138 e. The molecule has 0 unspecified atom stereocenters. The summed E-state index contributed by atoms with van der Waals surface area (Å²) in [5.74, 6) is -0.234. The molecule has 0 aliphatic heterocycles. The minimum Gasteiger partial charge on any atom is -0.507 e. The molecule has 122 valence electrons. The van der Waals surface area contributed by atoms with E-state index >= 15 is 0 Å². The molecule has 4 heteroatoms. The van der Waals surface area contributed by atoms with E-state index < -0.39 is 0 Å². The highest BCUT2D eigenvalue weighted by atomic mass is 16.3. The standard InChI is InChI=1S/C21H15NO3/c23-17-10-4-8-14-16(12-22-13-6-2-1-3-7-13)15-9-5-11-18(24)20(15)21(25)19(14)17/h1-12,23-25H. The van der Waals surface area contributed by atoms with E-state index in [1.807, 2.05) is 42.5 Å². The number of phenols is 3. The summed E-state index contributed by atoms with van der Waals surface area (Å²) in [7, 11) is 0. The molecular weight excluding hydrogens is 314 g/mol. The predicted octanol–water partition coefficient (Wildman–Crippen LogP) is 4.86. The van der Waals surface area contributed by atoms with E-state index in [4.69, 9.17) is 0 Å². The van der Waals surface area contributed by atoms with Crippen molar-refractivity contribution in [3.63, 3.8) is 0 Å². The van der Waals surface area contributed by atoms with Crippen molar-refractivity contribution in [1.29, 1.82) is 0 Å². The summed E-state index contributed by atoms with van der Waals surface area (Å²) in [4.78, 5) is 4.50. The fourth-order valence-electron chi connectivity index (χ4n) is 3.09. The lowest BCUT2D eigenvalue weighted by atomic mass is 9.95. The molecule has 0 heterocycles. The number of nitrogens with zero attached hydrogens (tertiary/aromatic N) is 1. The van der Waals surface area contributed by atoms with Gasteiger partial charge >= 0.3 is 0 Å². The van der Waals surface area contributed by atoms with Crippen LogP contribution < -0.4 is 0 Å². The molecule has 0 amide bonds. The molecule has 4 aromatic rings. The van der Waals surface area contributed by atoms with Crippen molar-refractivity contribution in [3.05, 3.63) is 72.3 Å². The van der Waals surface area contributed by atoms with Crippen LogP contribution in [0.5, 0.6) is 17.2 Å². The SMILES string of the molecule is Oc1cccc2c(C=Nc3ccccc3)c3cccc(O)c3c(O)c12. The Balaban J connectivity index is 2.10. The van der Waals surface area contributed by atoms with Crippen molar-refractivity contribution < 1.29 is 15.3 Å². The second-order valence-electron chi connectivity index (χ2n) is 5.76. The van der Waals surface area contributed by atoms with E-state index in [1.54, 1.807) is 18.3 Å². The Bertz CT molecular complexity index is 1060. The zero-order valence-electron chi connectivity index (χ0n) is 13.2. The average molecular weight is 329 g/mol. The summed E-state index contributed by atoms with van der Waals surface area (Å²) in [6.07, 6.45) is 1.69. The lowest BCUT2D eigenvalue weighted by Gasteiger charge is -2.13. The number of fused-ring (bicyclic) bond motifs is 2. The molecular formula is C21H15NO3. The van der Waals surface area contributed by atoms with Crippen LogP contribution in [0.25, 0.3) is 21.5 Å². The van der Waals surface area contributed by atoms with Crippen LogP contribution in [0.15, 0.2) is 71.7 Å². The van der Waals surface area contributed by atoms with Gasteiger partial charge in [0, 0.05) is 11.8 Å². The maximum Gasteiger partial charge on any atom is 0.138 e. The molecule has 0 aliphatic rings. The molecule has 0 saturated heterocycles. The molecule has 0 aromatic heterocycles. The quantitative estimate of drug-likeness (QED) is 0.363. The molecule has 0 fully saturated rings. The van der Waals surface area contributed by atoms with Crippen LogP contribution in [-0.2, 0) is 0 Å². The number of aromatic hydroxyl groups is 3. The monoisotopic (exact) mass is 329 g/mol. The van der Waals surface area contributed by atoms with Crippen LogP contribution >= 0.6 is 0 Å². The predicted molar refractivity (Wildman–Crippen MR) is 100 cm³/mol. The highest BCUT2D eigenvalue weighted by molar-refractivity contribution is 6.19. The molecule has 0 saturated carbocycles. The summed E-state index contributed by atoms with van der Waals surface area (Å²) in [5.41, 5.74) is 1.51. The maximum atomic E-state index is 10.6. The zero-order valence-corrected chi connectivity index (χ0v) is 13.2. The zero-order chi connectivity index (χ0) is 17.4. The lowest BCUT2D eigenvalue weighted by Crippen LogP contribution is -1.90. The van der Waals surface area contributed by atoms with Crippen molar-refractivity contribution >= 4 is 33.4 Å². The van der Waals surface area contributed by atoms with Crippen LogP contribution in [0.1, 0.15) is 5.56 Å². The summed E-state index contributed by atoms with van der Waals surface area (Å²) in [6, 6.07) is 19.5. The molecule has 4 rings (SSSR count). The maximum absolute atomic E-state index is 10.6. The van der Waals surface area contributed by atoms with Crippen LogP contribution in [0.4, 0.5) is 5.69 Å². The number of rotatable bonds is 2. The van der Waals surface area contributed by atoms with Crippen LogP contribution in [-0.4, -0.2) is 21.5 Å². The van der Waals surface area contributed by atoms with E-state index in [1.165, 1.54) is 12.1 Å². The van der Waals surface area contributed by atoms with Crippen molar-refractivity contribution in [2.75, 3.05) is 0 Å². The molecule has 4 aromatic carbocycles. The number of hydrogen-bond acceptors (Lipinski definition) is 4. The van der Waals surface area contributed by atoms with Gasteiger partial charge in [0.2, 0.25) is 0 Å². The first-order valence-electron chi connectivity index (χ1n) is 7.84. The second-order valence-corrected chi connectivity index (χ2v) is 5.76. The molecule has 25 heavy (non-hydrogen) atoms. The van der Waals surface area contributed by atoms with Gasteiger partial charge in [-0.2, -0.15) is 0 Å². The lowest BCUT2D eigenvalue weighted by molar-refractivity contribution is 0.460. The fraction of sp³-hybridized carbons (Fsp3) is 0. The first-order valence-corrected chi connectivity index (χ1v) is 7.84. The number of hydrogen-bond donors (Lipinski definition) is 3. The van der Waals surface area contributed by atoms with Gasteiger partial charge in [-0.1, -0.05) is 42.5 Å². The number of phenolic OH excluding ortho intramolecular Hbond substituents is 3. The van der Waals surface area contributed by atoms with Gasteiger partial charge in [-0.25, -0.2) is 0 Å². The molecule has 0 atom stereocenters. The van der Waals surface area contributed by atoms with Gasteiger partial charge in [-0.15, -0.1) is 0 Å². The molecule has 4 nitrogen and oxygen atoms in total. The summed E-state index contributed by atoms with van der Waals surface area (Å²) < 4.78 is 0. The molecule has 3 N–H and O–H groups in total. The van der Waals surface area contributed by atoms with Crippen LogP contribution in [0.3, 0.4) is 0 Å².